The van der Waals surface area contributed by atoms with Crippen molar-refractivity contribution in [3.05, 3.63) is 28.7 Å². The first kappa shape index (κ1) is 9.74. The molecule has 1 rings (SSSR count). The minimum absolute atomic E-state index is 0.621. The van der Waals surface area contributed by atoms with Crippen LogP contribution >= 0.6 is 15.9 Å². The monoisotopic (exact) mass is 247 g/mol. The topological polar surface area (TPSA) is 29.1 Å². The summed E-state index contributed by atoms with van der Waals surface area (Å²) < 4.78 is 14.9. The van der Waals surface area contributed by atoms with Gasteiger partial charge < -0.3 is 4.72 Å². The Morgan fingerprint density at radius 2 is 2.00 bits per heavy atom. The summed E-state index contributed by atoms with van der Waals surface area (Å²) in [4.78, 5) is 0. The third kappa shape index (κ3) is 2.95. The minimum atomic E-state index is -0.950. The highest BCUT2D eigenvalue weighted by Crippen LogP contribution is 2.14. The molecule has 0 saturated heterocycles. The first-order chi connectivity index (χ1) is 5.72. The van der Waals surface area contributed by atoms with E-state index >= 15 is 0 Å². The molecule has 1 N–H and O–H groups in total. The van der Waals surface area contributed by atoms with Crippen molar-refractivity contribution in [3.63, 3.8) is 0 Å². The Balaban J connectivity index is 2.64. The van der Waals surface area contributed by atoms with Crippen LogP contribution < -0.4 is 4.72 Å². The average molecular weight is 248 g/mol. The quantitative estimate of drug-likeness (QED) is 0.875. The molecule has 0 aliphatic rings. The summed E-state index contributed by atoms with van der Waals surface area (Å²) in [5.74, 6) is 0.621. The Morgan fingerprint density at radius 3 is 2.50 bits per heavy atom. The molecule has 1 atom stereocenters. The molecular weight excluding hydrogens is 238 g/mol. The van der Waals surface area contributed by atoms with E-state index in [0.29, 0.717) is 5.75 Å². The zero-order valence-corrected chi connectivity index (χ0v) is 9.11. The fraction of sp³-hybridized carbons (Fsp3) is 0.250. The van der Waals surface area contributed by atoms with E-state index in [2.05, 4.69) is 20.7 Å². The van der Waals surface area contributed by atoms with Gasteiger partial charge in [0, 0.05) is 15.9 Å². The normalized spacial score (nSPS) is 12.5. The van der Waals surface area contributed by atoms with Gasteiger partial charge in [0.25, 0.3) is 0 Å². The first-order valence-electron chi connectivity index (χ1n) is 3.63. The van der Waals surface area contributed by atoms with Crippen LogP contribution in [0.2, 0.25) is 0 Å². The van der Waals surface area contributed by atoms with Crippen molar-refractivity contribution in [2.75, 3.05) is 10.5 Å². The van der Waals surface area contributed by atoms with Gasteiger partial charge in [-0.3, -0.25) is 0 Å². The van der Waals surface area contributed by atoms with Crippen molar-refractivity contribution in [2.24, 2.45) is 0 Å². The molecule has 0 unspecified atom stereocenters. The van der Waals surface area contributed by atoms with E-state index in [1.54, 1.807) is 0 Å². The molecule has 66 valence electrons. The van der Waals surface area contributed by atoms with E-state index in [0.717, 1.165) is 10.2 Å². The average Bonchev–Trinajstić information content (AvgIpc) is 2.09. The van der Waals surface area contributed by atoms with Crippen molar-refractivity contribution in [2.45, 2.75) is 6.92 Å². The van der Waals surface area contributed by atoms with Crippen LogP contribution in [0.25, 0.3) is 0 Å². The predicted octanol–water partition coefficient (Wildman–Crippen LogP) is 2.54. The van der Waals surface area contributed by atoms with E-state index in [1.165, 1.54) is 0 Å². The van der Waals surface area contributed by atoms with Gasteiger partial charge in [-0.1, -0.05) is 22.9 Å². The Bertz CT molecular complexity index is 273. The van der Waals surface area contributed by atoms with Crippen LogP contribution in [-0.2, 0) is 11.0 Å². The highest BCUT2D eigenvalue weighted by Gasteiger charge is 1.95. The zero-order chi connectivity index (χ0) is 8.97. The molecule has 0 aromatic heterocycles. The summed E-state index contributed by atoms with van der Waals surface area (Å²) in [5, 5.41) is 0. The van der Waals surface area contributed by atoms with Crippen molar-refractivity contribution in [1.29, 1.82) is 0 Å². The van der Waals surface area contributed by atoms with Crippen LogP contribution in [0.1, 0.15) is 6.92 Å². The number of hydrogen-bond donors (Lipinski definition) is 1. The third-order valence-corrected chi connectivity index (χ3v) is 2.85. The van der Waals surface area contributed by atoms with E-state index in [-0.39, 0.29) is 0 Å². The molecule has 0 spiro atoms. The molecule has 0 saturated carbocycles. The van der Waals surface area contributed by atoms with E-state index in [4.69, 9.17) is 0 Å². The summed E-state index contributed by atoms with van der Waals surface area (Å²) >= 11 is 3.33. The molecular formula is C8H10BrNOS. The second-order valence-electron chi connectivity index (χ2n) is 2.24. The van der Waals surface area contributed by atoms with Crippen molar-refractivity contribution in [1.82, 2.24) is 0 Å². The zero-order valence-electron chi connectivity index (χ0n) is 6.71. The maximum atomic E-state index is 11.1. The number of halogens is 1. The maximum absolute atomic E-state index is 11.1. The molecule has 2 nitrogen and oxygen atoms in total. The summed E-state index contributed by atoms with van der Waals surface area (Å²) in [5.41, 5.74) is 0.887. The molecule has 0 radical (unpaired) electrons. The first-order valence-corrected chi connectivity index (χ1v) is 5.74. The van der Waals surface area contributed by atoms with Gasteiger partial charge in [-0.05, 0) is 24.3 Å². The lowest BCUT2D eigenvalue weighted by molar-refractivity contribution is 0.687. The lowest BCUT2D eigenvalue weighted by atomic mass is 10.3. The van der Waals surface area contributed by atoms with Crippen LogP contribution in [0.4, 0.5) is 5.69 Å². The van der Waals surface area contributed by atoms with Gasteiger partial charge in [0.15, 0.2) is 0 Å². The highest BCUT2D eigenvalue weighted by molar-refractivity contribution is 9.10. The van der Waals surface area contributed by atoms with Crippen LogP contribution in [0.15, 0.2) is 28.7 Å². The molecule has 0 aliphatic carbocycles. The van der Waals surface area contributed by atoms with Crippen molar-refractivity contribution >= 4 is 32.6 Å². The molecule has 0 heterocycles. The number of anilines is 1. The lowest BCUT2D eigenvalue weighted by Gasteiger charge is -2.02. The largest absolute Gasteiger partial charge is 0.305 e. The Hall–Kier alpha value is -0.350. The van der Waals surface area contributed by atoms with E-state index in [9.17, 15) is 4.21 Å². The summed E-state index contributed by atoms with van der Waals surface area (Å²) in [6.07, 6.45) is 0. The predicted molar refractivity (Wildman–Crippen MR) is 56.4 cm³/mol. The van der Waals surface area contributed by atoms with Crippen molar-refractivity contribution in [3.8, 4) is 0 Å². The minimum Gasteiger partial charge on any atom is -0.305 e. The maximum Gasteiger partial charge on any atom is 0.116 e. The highest BCUT2D eigenvalue weighted by atomic mass is 79.9. The van der Waals surface area contributed by atoms with Gasteiger partial charge in [-0.2, -0.15) is 0 Å². The summed E-state index contributed by atoms with van der Waals surface area (Å²) in [6, 6.07) is 7.60. The second-order valence-corrected chi connectivity index (χ2v) is 4.63. The number of benzene rings is 1. The molecule has 12 heavy (non-hydrogen) atoms. The Morgan fingerprint density at radius 1 is 1.42 bits per heavy atom. The van der Waals surface area contributed by atoms with Gasteiger partial charge >= 0.3 is 0 Å². The molecule has 4 heteroatoms. The second kappa shape index (κ2) is 4.62. The summed E-state index contributed by atoms with van der Waals surface area (Å²) in [7, 11) is -0.950. The van der Waals surface area contributed by atoms with Gasteiger partial charge in [-0.15, -0.1) is 0 Å². The molecule has 0 amide bonds. The van der Waals surface area contributed by atoms with Crippen LogP contribution in [0.5, 0.6) is 0 Å². The van der Waals surface area contributed by atoms with Gasteiger partial charge in [0.2, 0.25) is 0 Å². The van der Waals surface area contributed by atoms with Gasteiger partial charge in [0.1, 0.15) is 11.0 Å². The molecule has 1 aromatic carbocycles. The van der Waals surface area contributed by atoms with Crippen LogP contribution in [0, 0.1) is 0 Å². The number of hydrogen-bond acceptors (Lipinski definition) is 1. The smallest absolute Gasteiger partial charge is 0.116 e. The SMILES string of the molecule is CC[S@](=O)Nc1ccc(Br)cc1. The fourth-order valence-corrected chi connectivity index (χ4v) is 1.53. The lowest BCUT2D eigenvalue weighted by Crippen LogP contribution is -2.05. The van der Waals surface area contributed by atoms with E-state index < -0.39 is 11.0 Å². The van der Waals surface area contributed by atoms with Crippen LogP contribution in [-0.4, -0.2) is 9.96 Å². The third-order valence-electron chi connectivity index (χ3n) is 1.34. The van der Waals surface area contributed by atoms with Gasteiger partial charge in [-0.25, -0.2) is 4.21 Å². The molecule has 1 aromatic rings. The molecule has 0 bridgehead atoms. The van der Waals surface area contributed by atoms with Crippen molar-refractivity contribution < 1.29 is 4.21 Å². The summed E-state index contributed by atoms with van der Waals surface area (Å²) in [6.45, 7) is 1.88. The fourth-order valence-electron chi connectivity index (χ4n) is 0.722. The Kier molecular flexibility index (Phi) is 3.75. The van der Waals surface area contributed by atoms with Crippen LogP contribution in [0.3, 0.4) is 0 Å². The molecule has 0 fully saturated rings. The van der Waals surface area contributed by atoms with E-state index in [1.807, 2.05) is 31.2 Å². The standard InChI is InChI=1S/C8H10BrNOS/c1-2-12(11)10-8-5-3-7(9)4-6-8/h3-6,10H,2H2,1H3/t12-/m0/s1. The number of nitrogens with one attached hydrogen (secondary N) is 1. The molecule has 0 aliphatic heterocycles. The number of rotatable bonds is 3. The van der Waals surface area contributed by atoms with Gasteiger partial charge in [0.05, 0.1) is 0 Å². The Labute approximate surface area is 83.1 Å².